The van der Waals surface area contributed by atoms with E-state index in [1.807, 2.05) is 0 Å². The minimum absolute atomic E-state index is 1.03. The Labute approximate surface area is 345 Å². The molecular formula is C58H50. The van der Waals surface area contributed by atoms with Crippen molar-refractivity contribution in [1.82, 2.24) is 0 Å². The third-order valence-electron chi connectivity index (χ3n) is 11.5. The van der Waals surface area contributed by atoms with Gasteiger partial charge in [0, 0.05) is 22.3 Å². The van der Waals surface area contributed by atoms with Crippen molar-refractivity contribution in [3.8, 4) is 78.6 Å². The van der Waals surface area contributed by atoms with Gasteiger partial charge in [-0.2, -0.15) is 0 Å². The lowest BCUT2D eigenvalue weighted by atomic mass is 9.82. The van der Waals surface area contributed by atoms with E-state index in [1.54, 1.807) is 0 Å². The minimum Gasteiger partial charge on any atom is -0.0622 e. The van der Waals surface area contributed by atoms with Crippen LogP contribution in [0.25, 0.3) is 66.8 Å². The van der Waals surface area contributed by atoms with Gasteiger partial charge >= 0.3 is 0 Å². The van der Waals surface area contributed by atoms with Crippen LogP contribution >= 0.6 is 0 Å². The van der Waals surface area contributed by atoms with Crippen LogP contribution in [0, 0.1) is 67.2 Å². The zero-order chi connectivity index (χ0) is 40.5. The zero-order valence-corrected chi connectivity index (χ0v) is 35.0. The van der Waals surface area contributed by atoms with Crippen molar-refractivity contribution < 1.29 is 0 Å². The lowest BCUT2D eigenvalue weighted by Crippen LogP contribution is -2.00. The first-order valence-electron chi connectivity index (χ1n) is 20.3. The normalized spacial score (nSPS) is 11.0. The van der Waals surface area contributed by atoms with Gasteiger partial charge in [-0.15, -0.1) is 0 Å². The van der Waals surface area contributed by atoms with Crippen molar-refractivity contribution >= 4 is 0 Å². The summed E-state index contributed by atoms with van der Waals surface area (Å²) in [5, 5.41) is 0. The van der Waals surface area contributed by atoms with Crippen LogP contribution in [0.1, 0.15) is 55.6 Å². The molecule has 8 rings (SSSR count). The molecule has 8 aromatic carbocycles. The van der Waals surface area contributed by atoms with Crippen molar-refractivity contribution in [2.75, 3.05) is 0 Å². The zero-order valence-electron chi connectivity index (χ0n) is 35.0. The molecule has 0 heterocycles. The van der Waals surface area contributed by atoms with Crippen LogP contribution in [0.15, 0.2) is 158 Å². The molecule has 0 aliphatic heterocycles. The molecule has 0 aliphatic carbocycles. The summed E-state index contributed by atoms with van der Waals surface area (Å²) in [5.74, 6) is 7.99. The number of benzene rings is 8. The molecule has 0 radical (unpaired) electrons. The molecular weight excluding hydrogens is 697 g/mol. The van der Waals surface area contributed by atoms with E-state index in [0.29, 0.717) is 0 Å². The molecule has 0 spiro atoms. The van der Waals surface area contributed by atoms with E-state index in [1.165, 1.54) is 77.9 Å². The minimum atomic E-state index is 1.03. The van der Waals surface area contributed by atoms with Crippen molar-refractivity contribution in [1.29, 1.82) is 0 Å². The average Bonchev–Trinajstić information content (AvgIpc) is 3.21. The first kappa shape index (κ1) is 38.2. The molecule has 0 saturated carbocycles. The highest BCUT2D eigenvalue weighted by atomic mass is 14.2. The summed E-state index contributed by atoms with van der Waals surface area (Å²) in [7, 11) is 0. The summed E-state index contributed by atoms with van der Waals surface area (Å²) in [4.78, 5) is 0. The van der Waals surface area contributed by atoms with Crippen LogP contribution in [0.3, 0.4) is 0 Å². The van der Waals surface area contributed by atoms with Gasteiger partial charge in [-0.05, 0) is 133 Å². The van der Waals surface area contributed by atoms with Crippen molar-refractivity contribution in [3.05, 3.63) is 213 Å². The molecule has 0 aliphatic rings. The first-order valence-corrected chi connectivity index (χ1v) is 20.3. The maximum absolute atomic E-state index is 3.99. The maximum Gasteiger partial charge on any atom is 0.0412 e. The molecule has 58 heavy (non-hydrogen) atoms. The molecule has 0 unspecified atom stereocenters. The number of hydrogen-bond donors (Lipinski definition) is 0. The summed E-state index contributed by atoms with van der Waals surface area (Å²) in [6.45, 7) is 17.6. The Morgan fingerprint density at radius 3 is 0.897 bits per heavy atom. The van der Waals surface area contributed by atoms with E-state index < -0.39 is 0 Å². The van der Waals surface area contributed by atoms with Gasteiger partial charge in [-0.1, -0.05) is 192 Å². The Morgan fingerprint density at radius 1 is 0.259 bits per heavy atom. The Kier molecular flexibility index (Phi) is 10.6. The summed E-state index contributed by atoms with van der Waals surface area (Å²) in [6, 6.07) is 57.9. The second-order valence-electron chi connectivity index (χ2n) is 16.1. The molecule has 0 bridgehead atoms. The quantitative estimate of drug-likeness (QED) is 0.149. The maximum atomic E-state index is 3.99. The summed E-state index contributed by atoms with van der Waals surface area (Å²) < 4.78 is 0. The van der Waals surface area contributed by atoms with Crippen molar-refractivity contribution in [3.63, 3.8) is 0 Å². The molecule has 282 valence electrons. The van der Waals surface area contributed by atoms with E-state index >= 15 is 0 Å². The molecule has 0 fully saturated rings. The van der Waals surface area contributed by atoms with Crippen molar-refractivity contribution in [2.45, 2.75) is 55.4 Å². The standard InChI is InChI=1S/C58H50/c1-37-19-23-45(24-20-37)49-27-29-51(55-41(5)33-39(3)34-42(55)6)53(57(49)47-15-11-9-12-16-47)31-32-54-52(56-43(7)35-40(4)36-44(56)8)30-28-50(46-25-21-38(2)22-26-46)58(54)48-17-13-10-14-18-48/h9-30,33-36H,1-8H3. The van der Waals surface area contributed by atoms with E-state index in [9.17, 15) is 0 Å². The summed E-state index contributed by atoms with van der Waals surface area (Å²) >= 11 is 0. The van der Waals surface area contributed by atoms with Crippen LogP contribution in [0.4, 0.5) is 0 Å². The van der Waals surface area contributed by atoms with Crippen LogP contribution in [0.2, 0.25) is 0 Å². The van der Waals surface area contributed by atoms with Crippen molar-refractivity contribution in [2.24, 2.45) is 0 Å². The fraction of sp³-hybridized carbons (Fsp3) is 0.138. The second-order valence-corrected chi connectivity index (χ2v) is 16.1. The van der Waals surface area contributed by atoms with Gasteiger partial charge in [-0.3, -0.25) is 0 Å². The van der Waals surface area contributed by atoms with Crippen LogP contribution in [-0.4, -0.2) is 0 Å². The van der Waals surface area contributed by atoms with Gasteiger partial charge in [-0.25, -0.2) is 0 Å². The number of rotatable bonds is 6. The first-order chi connectivity index (χ1) is 28.1. The lowest BCUT2D eigenvalue weighted by molar-refractivity contribution is 1.32. The Morgan fingerprint density at radius 2 is 0.569 bits per heavy atom. The largest absolute Gasteiger partial charge is 0.0622 e. The van der Waals surface area contributed by atoms with Gasteiger partial charge in [0.2, 0.25) is 0 Å². The van der Waals surface area contributed by atoms with Gasteiger partial charge in [0.05, 0.1) is 0 Å². The lowest BCUT2D eigenvalue weighted by Gasteiger charge is -2.21. The second kappa shape index (κ2) is 16.1. The predicted octanol–water partition coefficient (Wildman–Crippen LogP) is 15.6. The monoisotopic (exact) mass is 746 g/mol. The molecule has 0 aromatic heterocycles. The molecule has 0 saturated heterocycles. The smallest absolute Gasteiger partial charge is 0.0412 e. The topological polar surface area (TPSA) is 0 Å². The third-order valence-corrected chi connectivity index (χ3v) is 11.5. The molecule has 0 N–H and O–H groups in total. The highest BCUT2D eigenvalue weighted by Crippen LogP contribution is 2.44. The van der Waals surface area contributed by atoms with E-state index in [-0.39, 0.29) is 0 Å². The van der Waals surface area contributed by atoms with E-state index in [2.05, 4.69) is 225 Å². The highest BCUT2D eigenvalue weighted by molar-refractivity contribution is 5.97. The Hall–Kier alpha value is -6.68. The summed E-state index contributed by atoms with van der Waals surface area (Å²) in [5.41, 5.74) is 26.1. The van der Waals surface area contributed by atoms with E-state index in [4.69, 9.17) is 0 Å². The molecule has 0 nitrogen and oxygen atoms in total. The van der Waals surface area contributed by atoms with Gasteiger partial charge in [0.25, 0.3) is 0 Å². The van der Waals surface area contributed by atoms with Gasteiger partial charge in [0.15, 0.2) is 0 Å². The fourth-order valence-electron chi connectivity index (χ4n) is 8.97. The third kappa shape index (κ3) is 7.45. The Bertz CT molecular complexity index is 2610. The predicted molar refractivity (Wildman–Crippen MR) is 249 cm³/mol. The molecule has 0 heteroatoms. The number of aryl methyl sites for hydroxylation is 8. The van der Waals surface area contributed by atoms with E-state index in [0.717, 1.165) is 44.5 Å². The average molecular weight is 747 g/mol. The van der Waals surface area contributed by atoms with Crippen LogP contribution < -0.4 is 0 Å². The molecule has 8 aromatic rings. The summed E-state index contributed by atoms with van der Waals surface area (Å²) in [6.07, 6.45) is 0. The Balaban J connectivity index is 1.54. The number of hydrogen-bond acceptors (Lipinski definition) is 0. The highest BCUT2D eigenvalue weighted by Gasteiger charge is 2.22. The van der Waals surface area contributed by atoms with Crippen LogP contribution in [0.5, 0.6) is 0 Å². The molecule has 0 amide bonds. The SMILES string of the molecule is Cc1ccc(-c2ccc(-c3c(C)cc(C)cc3C)c(C#Cc3c(-c4c(C)cc(C)cc4C)ccc(-c4ccc(C)cc4)c3-c3ccccc3)c2-c2ccccc2)cc1. The fourth-order valence-corrected chi connectivity index (χ4v) is 8.97. The van der Waals surface area contributed by atoms with Crippen LogP contribution in [-0.2, 0) is 0 Å². The van der Waals surface area contributed by atoms with Gasteiger partial charge in [0.1, 0.15) is 0 Å². The molecule has 0 atom stereocenters. The van der Waals surface area contributed by atoms with Gasteiger partial charge < -0.3 is 0 Å².